The molecule has 0 spiro atoms. The molecule has 0 fully saturated rings. The molecule has 0 heterocycles. The lowest BCUT2D eigenvalue weighted by molar-refractivity contribution is -0.135. The summed E-state index contributed by atoms with van der Waals surface area (Å²) in [4.78, 5) is 21.8. The highest BCUT2D eigenvalue weighted by molar-refractivity contribution is 5.96. The van der Waals surface area contributed by atoms with Crippen molar-refractivity contribution >= 4 is 11.9 Å². The Morgan fingerprint density at radius 1 is 1.28 bits per heavy atom. The first-order valence-electron chi connectivity index (χ1n) is 4.91. The fourth-order valence-electron chi connectivity index (χ4n) is 1.28. The molecule has 0 radical (unpaired) electrons. The van der Waals surface area contributed by atoms with Gasteiger partial charge in [0.05, 0.1) is 19.8 Å². The Morgan fingerprint density at radius 2 is 1.83 bits per heavy atom. The molecule has 1 rings (SSSR count). The number of carboxylic acids is 1. The van der Waals surface area contributed by atoms with E-state index in [0.717, 1.165) is 12.1 Å². The van der Waals surface area contributed by atoms with E-state index in [1.165, 1.54) is 14.2 Å². The van der Waals surface area contributed by atoms with Gasteiger partial charge in [-0.25, -0.2) is 4.39 Å². The van der Waals surface area contributed by atoms with Gasteiger partial charge in [-0.1, -0.05) is 0 Å². The summed E-state index contributed by atoms with van der Waals surface area (Å²) in [6.45, 7) is -0.591. The molecule has 2 N–H and O–H groups in total. The second-order valence-corrected chi connectivity index (χ2v) is 3.26. The van der Waals surface area contributed by atoms with Crippen LogP contribution in [0, 0.1) is 5.82 Å². The van der Waals surface area contributed by atoms with Gasteiger partial charge in [0, 0.05) is 6.07 Å². The Labute approximate surface area is 102 Å². The molecule has 1 aromatic rings. The number of amides is 1. The quantitative estimate of drug-likeness (QED) is 0.809. The van der Waals surface area contributed by atoms with E-state index in [9.17, 15) is 14.0 Å². The molecule has 1 aromatic carbocycles. The summed E-state index contributed by atoms with van der Waals surface area (Å²) in [5.41, 5.74) is -0.311. The van der Waals surface area contributed by atoms with Crippen molar-refractivity contribution in [2.24, 2.45) is 0 Å². The van der Waals surface area contributed by atoms with E-state index in [1.807, 2.05) is 0 Å². The zero-order valence-corrected chi connectivity index (χ0v) is 9.82. The van der Waals surface area contributed by atoms with Crippen LogP contribution in [0.15, 0.2) is 12.1 Å². The van der Waals surface area contributed by atoms with Crippen molar-refractivity contribution in [3.63, 3.8) is 0 Å². The van der Waals surface area contributed by atoms with Gasteiger partial charge in [0.25, 0.3) is 5.91 Å². The van der Waals surface area contributed by atoms with Gasteiger partial charge in [-0.15, -0.1) is 0 Å². The molecular weight excluding hydrogens is 245 g/mol. The minimum Gasteiger partial charge on any atom is -0.493 e. The van der Waals surface area contributed by atoms with Gasteiger partial charge in [0.2, 0.25) is 0 Å². The maximum Gasteiger partial charge on any atom is 0.322 e. The number of rotatable bonds is 5. The Bertz CT molecular complexity index is 475. The number of aliphatic carboxylic acids is 1. The first kappa shape index (κ1) is 13.8. The molecule has 0 aliphatic heterocycles. The minimum atomic E-state index is -1.22. The topological polar surface area (TPSA) is 84.9 Å². The summed E-state index contributed by atoms with van der Waals surface area (Å²) >= 11 is 0. The molecule has 18 heavy (non-hydrogen) atoms. The van der Waals surface area contributed by atoms with Crippen LogP contribution in [-0.4, -0.2) is 37.7 Å². The second kappa shape index (κ2) is 5.85. The molecular formula is C11H12FNO5. The van der Waals surface area contributed by atoms with Crippen LogP contribution in [-0.2, 0) is 4.79 Å². The number of methoxy groups -OCH3 is 2. The predicted octanol–water partition coefficient (Wildman–Crippen LogP) is 0.657. The number of carboxylic acid groups (broad SMARTS) is 1. The second-order valence-electron chi connectivity index (χ2n) is 3.26. The van der Waals surface area contributed by atoms with Crippen molar-refractivity contribution in [1.29, 1.82) is 0 Å². The van der Waals surface area contributed by atoms with Crippen molar-refractivity contribution < 1.29 is 28.6 Å². The Balaban J connectivity index is 3.01. The monoisotopic (exact) mass is 257 g/mol. The lowest BCUT2D eigenvalue weighted by atomic mass is 10.1. The number of halogens is 1. The first-order chi connectivity index (χ1) is 8.49. The highest BCUT2D eigenvalue weighted by Crippen LogP contribution is 2.29. The molecule has 1 amide bonds. The molecule has 0 aliphatic carbocycles. The fourth-order valence-corrected chi connectivity index (χ4v) is 1.28. The molecule has 0 atom stereocenters. The molecule has 7 heteroatoms. The van der Waals surface area contributed by atoms with Gasteiger partial charge in [-0.2, -0.15) is 0 Å². The molecule has 0 bridgehead atoms. The van der Waals surface area contributed by atoms with E-state index in [-0.39, 0.29) is 17.1 Å². The fraction of sp³-hybridized carbons (Fsp3) is 0.273. The third-order valence-corrected chi connectivity index (χ3v) is 2.12. The highest BCUT2D eigenvalue weighted by Gasteiger charge is 2.17. The van der Waals surface area contributed by atoms with Gasteiger partial charge < -0.3 is 19.9 Å². The van der Waals surface area contributed by atoms with Crippen LogP contribution in [0.25, 0.3) is 0 Å². The van der Waals surface area contributed by atoms with Crippen molar-refractivity contribution in [2.45, 2.75) is 0 Å². The maximum atomic E-state index is 13.6. The molecule has 0 aliphatic rings. The van der Waals surface area contributed by atoms with Crippen molar-refractivity contribution in [3.8, 4) is 11.5 Å². The number of carbonyl (C=O) groups excluding carboxylic acids is 1. The SMILES string of the molecule is COc1cc(F)c(C(=O)NCC(=O)O)cc1OC. The van der Waals surface area contributed by atoms with Crippen LogP contribution < -0.4 is 14.8 Å². The standard InChI is InChI=1S/C11H12FNO5/c1-17-8-3-6(7(12)4-9(8)18-2)11(16)13-5-10(14)15/h3-4H,5H2,1-2H3,(H,13,16)(H,14,15). The number of hydrogen-bond donors (Lipinski definition) is 2. The summed E-state index contributed by atoms with van der Waals surface area (Å²) in [5, 5.41) is 10.5. The largest absolute Gasteiger partial charge is 0.493 e. The molecule has 6 nitrogen and oxygen atoms in total. The lowest BCUT2D eigenvalue weighted by Crippen LogP contribution is -2.29. The van der Waals surface area contributed by atoms with Crippen LogP contribution >= 0.6 is 0 Å². The minimum absolute atomic E-state index is 0.143. The van der Waals surface area contributed by atoms with Crippen LogP contribution in [0.3, 0.4) is 0 Å². The van der Waals surface area contributed by atoms with Gasteiger partial charge >= 0.3 is 5.97 Å². The summed E-state index contributed by atoms with van der Waals surface area (Å²) in [6.07, 6.45) is 0. The third-order valence-electron chi connectivity index (χ3n) is 2.12. The number of hydrogen-bond acceptors (Lipinski definition) is 4. The highest BCUT2D eigenvalue weighted by atomic mass is 19.1. The van der Waals surface area contributed by atoms with E-state index >= 15 is 0 Å². The van der Waals surface area contributed by atoms with E-state index in [2.05, 4.69) is 5.32 Å². The molecule has 0 aromatic heterocycles. The normalized spacial score (nSPS) is 9.72. The zero-order valence-electron chi connectivity index (χ0n) is 9.82. The third kappa shape index (κ3) is 3.09. The summed E-state index contributed by atoms with van der Waals surface area (Å²) < 4.78 is 23.4. The van der Waals surface area contributed by atoms with Crippen LogP contribution in [0.5, 0.6) is 11.5 Å². The number of ether oxygens (including phenoxy) is 2. The Hall–Kier alpha value is -2.31. The van der Waals surface area contributed by atoms with Gasteiger partial charge in [0.15, 0.2) is 11.5 Å². The average Bonchev–Trinajstić information content (AvgIpc) is 2.35. The average molecular weight is 257 g/mol. The number of nitrogens with one attached hydrogen (secondary N) is 1. The summed E-state index contributed by atoms with van der Waals surface area (Å²) in [7, 11) is 2.68. The molecule has 98 valence electrons. The summed E-state index contributed by atoms with van der Waals surface area (Å²) in [5.74, 6) is -2.56. The van der Waals surface area contributed by atoms with Gasteiger partial charge in [-0.05, 0) is 6.07 Å². The molecule has 0 saturated carbocycles. The van der Waals surface area contributed by atoms with Crippen LogP contribution in [0.2, 0.25) is 0 Å². The van der Waals surface area contributed by atoms with Crippen LogP contribution in [0.1, 0.15) is 10.4 Å². The summed E-state index contributed by atoms with van der Waals surface area (Å²) in [6, 6.07) is 2.14. The lowest BCUT2D eigenvalue weighted by Gasteiger charge is -2.10. The number of benzene rings is 1. The van der Waals surface area contributed by atoms with E-state index < -0.39 is 24.2 Å². The smallest absolute Gasteiger partial charge is 0.322 e. The van der Waals surface area contributed by atoms with Gasteiger partial charge in [0.1, 0.15) is 12.4 Å². The van der Waals surface area contributed by atoms with Crippen LogP contribution in [0.4, 0.5) is 4.39 Å². The first-order valence-corrected chi connectivity index (χ1v) is 4.91. The van der Waals surface area contributed by atoms with Crippen molar-refractivity contribution in [3.05, 3.63) is 23.5 Å². The Morgan fingerprint density at radius 3 is 2.33 bits per heavy atom. The molecule has 0 unspecified atom stereocenters. The van der Waals surface area contributed by atoms with Gasteiger partial charge in [-0.3, -0.25) is 9.59 Å². The Kier molecular flexibility index (Phi) is 4.47. The van der Waals surface area contributed by atoms with E-state index in [4.69, 9.17) is 14.6 Å². The van der Waals surface area contributed by atoms with E-state index in [0.29, 0.717) is 0 Å². The maximum absolute atomic E-state index is 13.6. The predicted molar refractivity (Wildman–Crippen MR) is 59.5 cm³/mol. The van der Waals surface area contributed by atoms with Crippen molar-refractivity contribution in [1.82, 2.24) is 5.32 Å². The zero-order chi connectivity index (χ0) is 13.7. The van der Waals surface area contributed by atoms with Crippen molar-refractivity contribution in [2.75, 3.05) is 20.8 Å². The molecule has 0 saturated heterocycles. The van der Waals surface area contributed by atoms with E-state index in [1.54, 1.807) is 0 Å². The number of carbonyl (C=O) groups is 2.